The molecule has 2 aromatic rings. The third-order valence-corrected chi connectivity index (χ3v) is 3.95. The van der Waals surface area contributed by atoms with Crippen LogP contribution in [-0.2, 0) is 0 Å². The molecule has 3 nitrogen and oxygen atoms in total. The van der Waals surface area contributed by atoms with E-state index in [9.17, 15) is 18.3 Å². The summed E-state index contributed by atoms with van der Waals surface area (Å²) in [5, 5.41) is 18.7. The summed E-state index contributed by atoms with van der Waals surface area (Å²) < 4.78 is 42.0. The van der Waals surface area contributed by atoms with Gasteiger partial charge in [0, 0.05) is 6.54 Å². The summed E-state index contributed by atoms with van der Waals surface area (Å²) in [6, 6.07) is 8.78. The van der Waals surface area contributed by atoms with Crippen molar-refractivity contribution in [3.8, 4) is 6.07 Å². The van der Waals surface area contributed by atoms with Gasteiger partial charge in [0.1, 0.15) is 11.5 Å². The molecule has 2 atom stereocenters. The van der Waals surface area contributed by atoms with Crippen LogP contribution in [0.5, 0.6) is 0 Å². The Hall–Kier alpha value is -2.52. The van der Waals surface area contributed by atoms with Crippen molar-refractivity contribution in [2.24, 2.45) is 0 Å². The zero-order chi connectivity index (χ0) is 16.6. The maximum absolute atomic E-state index is 14.3. The van der Waals surface area contributed by atoms with E-state index >= 15 is 0 Å². The molecule has 2 unspecified atom stereocenters. The predicted molar refractivity (Wildman–Crippen MR) is 78.2 cm³/mol. The number of β-amino-alcohol motifs (C(OH)–C–C–N with tert-alkyl or cyclic N) is 1. The first-order chi connectivity index (χ1) is 11.0. The molecule has 2 aromatic carbocycles. The second-order valence-corrected chi connectivity index (χ2v) is 5.51. The lowest BCUT2D eigenvalue weighted by atomic mass is 10.0. The number of aliphatic hydroxyl groups is 1. The highest BCUT2D eigenvalue weighted by atomic mass is 19.1. The number of aliphatic hydroxyl groups excluding tert-OH is 1. The molecule has 0 aliphatic carbocycles. The van der Waals surface area contributed by atoms with Crippen LogP contribution < -0.4 is 4.90 Å². The van der Waals surface area contributed by atoms with E-state index < -0.39 is 29.6 Å². The van der Waals surface area contributed by atoms with Crippen LogP contribution in [0.2, 0.25) is 0 Å². The van der Waals surface area contributed by atoms with Crippen LogP contribution in [0, 0.1) is 28.8 Å². The summed E-state index contributed by atoms with van der Waals surface area (Å²) in [5.41, 5.74) is 0.102. The summed E-state index contributed by atoms with van der Waals surface area (Å²) in [6.07, 6.45) is -0.541. The van der Waals surface area contributed by atoms with Crippen molar-refractivity contribution in [1.82, 2.24) is 0 Å². The first-order valence-corrected chi connectivity index (χ1v) is 7.09. The number of nitrogens with zero attached hydrogens (tertiary/aromatic N) is 2. The van der Waals surface area contributed by atoms with Gasteiger partial charge in [0.2, 0.25) is 0 Å². The zero-order valence-corrected chi connectivity index (χ0v) is 12.0. The van der Waals surface area contributed by atoms with Crippen molar-refractivity contribution in [3.63, 3.8) is 0 Å². The van der Waals surface area contributed by atoms with Crippen molar-refractivity contribution in [3.05, 3.63) is 65.0 Å². The van der Waals surface area contributed by atoms with Crippen molar-refractivity contribution in [2.45, 2.75) is 18.6 Å². The minimum absolute atomic E-state index is 0.0287. The Bertz CT molecular complexity index is 765. The quantitative estimate of drug-likeness (QED) is 0.924. The Morgan fingerprint density at radius 1 is 1.13 bits per heavy atom. The van der Waals surface area contributed by atoms with Gasteiger partial charge in [-0.1, -0.05) is 12.1 Å². The maximum atomic E-state index is 14.3. The zero-order valence-electron chi connectivity index (χ0n) is 12.0. The van der Waals surface area contributed by atoms with E-state index in [1.807, 2.05) is 0 Å². The number of benzene rings is 2. The molecule has 1 heterocycles. The minimum atomic E-state index is -0.878. The highest BCUT2D eigenvalue weighted by Crippen LogP contribution is 2.39. The largest absolute Gasteiger partial charge is 0.391 e. The molecule has 1 N–H and O–H groups in total. The minimum Gasteiger partial charge on any atom is -0.391 e. The van der Waals surface area contributed by atoms with Gasteiger partial charge in [0.15, 0.2) is 11.6 Å². The highest BCUT2D eigenvalue weighted by Gasteiger charge is 2.35. The SMILES string of the molecule is N#Cc1cc(F)c(N2CC(O)CC2c2cccc(F)c2)c(F)c1. The standard InChI is InChI=1S/C17H13F3N2O/c18-12-3-1-2-11(6-12)16-7-13(23)9-22(16)17-14(19)4-10(8-21)5-15(17)20/h1-6,13,16,23H,7,9H2. The van der Waals surface area contributed by atoms with E-state index in [1.165, 1.54) is 23.1 Å². The molecule has 0 spiro atoms. The topological polar surface area (TPSA) is 47.3 Å². The summed E-state index contributed by atoms with van der Waals surface area (Å²) in [7, 11) is 0. The number of nitriles is 1. The molecule has 0 radical (unpaired) electrons. The van der Waals surface area contributed by atoms with Gasteiger partial charge in [0.25, 0.3) is 0 Å². The number of anilines is 1. The molecule has 1 fully saturated rings. The monoisotopic (exact) mass is 318 g/mol. The lowest BCUT2D eigenvalue weighted by Gasteiger charge is -2.27. The van der Waals surface area contributed by atoms with Crippen LogP contribution in [0.25, 0.3) is 0 Å². The maximum Gasteiger partial charge on any atom is 0.150 e. The highest BCUT2D eigenvalue weighted by molar-refractivity contribution is 5.55. The second kappa shape index (κ2) is 5.94. The van der Waals surface area contributed by atoms with Crippen LogP contribution >= 0.6 is 0 Å². The van der Waals surface area contributed by atoms with Gasteiger partial charge in [-0.3, -0.25) is 0 Å². The second-order valence-electron chi connectivity index (χ2n) is 5.51. The van der Waals surface area contributed by atoms with Gasteiger partial charge < -0.3 is 10.0 Å². The molecule has 0 aromatic heterocycles. The Kier molecular flexibility index (Phi) is 3.97. The van der Waals surface area contributed by atoms with Gasteiger partial charge in [-0.2, -0.15) is 5.26 Å². The van der Waals surface area contributed by atoms with Crippen molar-refractivity contribution >= 4 is 5.69 Å². The van der Waals surface area contributed by atoms with E-state index in [-0.39, 0.29) is 24.2 Å². The van der Waals surface area contributed by atoms with Gasteiger partial charge in [-0.25, -0.2) is 13.2 Å². The third-order valence-electron chi connectivity index (χ3n) is 3.95. The molecule has 1 aliphatic rings. The van der Waals surface area contributed by atoms with E-state index in [1.54, 1.807) is 12.1 Å². The summed E-state index contributed by atoms with van der Waals surface area (Å²) >= 11 is 0. The van der Waals surface area contributed by atoms with Gasteiger partial charge in [0.05, 0.1) is 23.8 Å². The first-order valence-electron chi connectivity index (χ1n) is 7.09. The van der Waals surface area contributed by atoms with Crippen molar-refractivity contribution < 1.29 is 18.3 Å². The van der Waals surface area contributed by atoms with E-state index in [0.29, 0.717) is 5.56 Å². The first kappa shape index (κ1) is 15.4. The molecule has 0 bridgehead atoms. The van der Waals surface area contributed by atoms with E-state index in [0.717, 1.165) is 12.1 Å². The average molecular weight is 318 g/mol. The van der Waals surface area contributed by atoms with Crippen molar-refractivity contribution in [1.29, 1.82) is 5.26 Å². The molecule has 0 amide bonds. The fourth-order valence-corrected chi connectivity index (χ4v) is 3.00. The summed E-state index contributed by atoms with van der Waals surface area (Å²) in [5.74, 6) is -2.21. The fraction of sp³-hybridized carbons (Fsp3) is 0.235. The molecule has 6 heteroatoms. The Balaban J connectivity index is 2.06. The average Bonchev–Trinajstić information content (AvgIpc) is 2.88. The number of rotatable bonds is 2. The normalized spacial score (nSPS) is 20.6. The van der Waals surface area contributed by atoms with Crippen LogP contribution in [0.15, 0.2) is 36.4 Å². The molecule has 0 saturated carbocycles. The Morgan fingerprint density at radius 3 is 2.43 bits per heavy atom. The van der Waals surface area contributed by atoms with E-state index in [4.69, 9.17) is 5.26 Å². The fourth-order valence-electron chi connectivity index (χ4n) is 3.00. The Labute approximate surface area is 131 Å². The molecule has 23 heavy (non-hydrogen) atoms. The predicted octanol–water partition coefficient (Wildman–Crippen LogP) is 3.29. The third kappa shape index (κ3) is 2.88. The Morgan fingerprint density at radius 2 is 1.83 bits per heavy atom. The molecule has 118 valence electrons. The van der Waals surface area contributed by atoms with Crippen LogP contribution in [0.4, 0.5) is 18.9 Å². The smallest absolute Gasteiger partial charge is 0.150 e. The molecule has 1 aliphatic heterocycles. The molecule has 3 rings (SSSR count). The van der Waals surface area contributed by atoms with Crippen LogP contribution in [-0.4, -0.2) is 17.8 Å². The van der Waals surface area contributed by atoms with Gasteiger partial charge >= 0.3 is 0 Å². The summed E-state index contributed by atoms with van der Waals surface area (Å²) in [4.78, 5) is 1.38. The molecular weight excluding hydrogens is 305 g/mol. The molecular formula is C17H13F3N2O. The van der Waals surface area contributed by atoms with Crippen LogP contribution in [0.1, 0.15) is 23.6 Å². The number of halogens is 3. The number of hydrogen-bond acceptors (Lipinski definition) is 3. The van der Waals surface area contributed by atoms with E-state index in [2.05, 4.69) is 0 Å². The van der Waals surface area contributed by atoms with Crippen molar-refractivity contribution in [2.75, 3.05) is 11.4 Å². The summed E-state index contributed by atoms with van der Waals surface area (Å²) in [6.45, 7) is 0.0287. The molecule has 1 saturated heterocycles. The lowest BCUT2D eigenvalue weighted by Crippen LogP contribution is -2.26. The van der Waals surface area contributed by atoms with Gasteiger partial charge in [-0.05, 0) is 36.2 Å². The number of hydrogen-bond donors (Lipinski definition) is 1. The van der Waals surface area contributed by atoms with Gasteiger partial charge in [-0.15, -0.1) is 0 Å². The van der Waals surface area contributed by atoms with Crippen LogP contribution in [0.3, 0.4) is 0 Å². The lowest BCUT2D eigenvalue weighted by molar-refractivity contribution is 0.194.